The predicted octanol–water partition coefficient (Wildman–Crippen LogP) is 3.43. The number of hydrogen-bond donors (Lipinski definition) is 1. The molecule has 1 aliphatic rings. The van der Waals surface area contributed by atoms with Crippen LogP contribution in [-0.2, 0) is 4.79 Å². The second-order valence-electron chi connectivity index (χ2n) is 6.79. The second-order valence-corrected chi connectivity index (χ2v) is 6.79. The van der Waals surface area contributed by atoms with Gasteiger partial charge in [0.25, 0.3) is 0 Å². The van der Waals surface area contributed by atoms with Crippen LogP contribution in [-0.4, -0.2) is 36.1 Å². The van der Waals surface area contributed by atoms with Crippen LogP contribution >= 0.6 is 0 Å². The Hall–Kier alpha value is -2.63. The van der Waals surface area contributed by atoms with Crippen molar-refractivity contribution in [2.24, 2.45) is 5.92 Å². The monoisotopic (exact) mass is 354 g/mol. The third-order valence-corrected chi connectivity index (χ3v) is 4.88. The minimum Gasteiger partial charge on any atom is -0.497 e. The molecular formula is C20H26N4O2. The van der Waals surface area contributed by atoms with E-state index < -0.39 is 0 Å². The number of carbonyl (C=O) groups excluding carboxylic acids is 1. The fourth-order valence-corrected chi connectivity index (χ4v) is 3.41. The van der Waals surface area contributed by atoms with Crippen LogP contribution in [0.15, 0.2) is 36.8 Å². The van der Waals surface area contributed by atoms with Gasteiger partial charge in [0.1, 0.15) is 11.6 Å². The second kappa shape index (κ2) is 8.65. The number of nitrogens with zero attached hydrogens (tertiary/aromatic N) is 3. The number of hydrogen-bond acceptors (Lipinski definition) is 5. The Morgan fingerprint density at radius 2 is 2.27 bits per heavy atom. The van der Waals surface area contributed by atoms with Gasteiger partial charge in [-0.05, 0) is 55.9 Å². The van der Waals surface area contributed by atoms with E-state index in [9.17, 15) is 4.79 Å². The molecule has 0 bridgehead atoms. The van der Waals surface area contributed by atoms with Gasteiger partial charge in [-0.2, -0.15) is 0 Å². The number of anilines is 2. The van der Waals surface area contributed by atoms with Crippen molar-refractivity contribution < 1.29 is 9.53 Å². The fraction of sp³-hybridized carbons (Fsp3) is 0.450. The number of amides is 1. The van der Waals surface area contributed by atoms with Crippen LogP contribution in [0.3, 0.4) is 0 Å². The third kappa shape index (κ3) is 4.71. The number of aromatic nitrogens is 2. The van der Waals surface area contributed by atoms with Gasteiger partial charge in [0.2, 0.25) is 5.91 Å². The summed E-state index contributed by atoms with van der Waals surface area (Å²) in [6.07, 6.45) is 8.93. The third-order valence-electron chi connectivity index (χ3n) is 4.88. The lowest BCUT2D eigenvalue weighted by atomic mass is 9.93. The lowest BCUT2D eigenvalue weighted by Crippen LogP contribution is -2.36. The van der Waals surface area contributed by atoms with E-state index in [1.54, 1.807) is 19.5 Å². The summed E-state index contributed by atoms with van der Waals surface area (Å²) < 4.78 is 5.20. The van der Waals surface area contributed by atoms with Gasteiger partial charge in [0, 0.05) is 37.6 Å². The van der Waals surface area contributed by atoms with E-state index in [4.69, 9.17) is 4.74 Å². The van der Waals surface area contributed by atoms with Crippen LogP contribution in [0.5, 0.6) is 5.75 Å². The van der Waals surface area contributed by atoms with Crippen molar-refractivity contribution in [3.8, 4) is 5.75 Å². The molecule has 2 aromatic rings. The molecule has 0 aliphatic carbocycles. The molecule has 138 valence electrons. The molecule has 1 fully saturated rings. The summed E-state index contributed by atoms with van der Waals surface area (Å²) >= 11 is 0. The molecule has 6 nitrogen and oxygen atoms in total. The Morgan fingerprint density at radius 3 is 3.00 bits per heavy atom. The highest BCUT2D eigenvalue weighted by Crippen LogP contribution is 2.25. The van der Waals surface area contributed by atoms with E-state index in [0.29, 0.717) is 12.3 Å². The maximum atomic E-state index is 12.3. The van der Waals surface area contributed by atoms with Crippen molar-refractivity contribution in [1.29, 1.82) is 0 Å². The first-order chi connectivity index (χ1) is 12.7. The molecule has 1 aromatic heterocycles. The van der Waals surface area contributed by atoms with Crippen molar-refractivity contribution in [3.63, 3.8) is 0 Å². The van der Waals surface area contributed by atoms with Crippen molar-refractivity contribution in [2.75, 3.05) is 30.4 Å². The lowest BCUT2D eigenvalue weighted by Gasteiger charge is -2.33. The maximum Gasteiger partial charge on any atom is 0.224 e. The molecule has 1 N–H and O–H groups in total. The van der Waals surface area contributed by atoms with Crippen LogP contribution in [0.4, 0.5) is 11.5 Å². The molecule has 3 rings (SSSR count). The SMILES string of the molecule is COc1ccc(NC(=O)CCC2CCCN(c3cnccn3)C2)c(C)c1. The number of nitrogens with one attached hydrogen (secondary N) is 1. The quantitative estimate of drug-likeness (QED) is 0.861. The van der Waals surface area contributed by atoms with Crippen LogP contribution in [0, 0.1) is 12.8 Å². The maximum absolute atomic E-state index is 12.3. The van der Waals surface area contributed by atoms with Gasteiger partial charge >= 0.3 is 0 Å². The topological polar surface area (TPSA) is 67.3 Å². The first-order valence-corrected chi connectivity index (χ1v) is 9.11. The summed E-state index contributed by atoms with van der Waals surface area (Å²) in [5.41, 5.74) is 1.85. The standard InChI is InChI=1S/C20H26N4O2/c1-15-12-17(26-2)6-7-18(15)23-20(25)8-5-16-4-3-11-24(14-16)19-13-21-9-10-22-19/h6-7,9-10,12-13,16H,3-5,8,11,14H2,1-2H3,(H,23,25). The summed E-state index contributed by atoms with van der Waals surface area (Å²) in [5.74, 6) is 2.30. The smallest absolute Gasteiger partial charge is 0.224 e. The first-order valence-electron chi connectivity index (χ1n) is 9.11. The molecule has 1 atom stereocenters. The van der Waals surface area contributed by atoms with Gasteiger partial charge in [-0.3, -0.25) is 9.78 Å². The molecule has 1 aromatic carbocycles. The molecule has 0 spiro atoms. The van der Waals surface area contributed by atoms with E-state index in [1.807, 2.05) is 31.3 Å². The van der Waals surface area contributed by atoms with Crippen LogP contribution in [0.25, 0.3) is 0 Å². The Balaban J connectivity index is 1.50. The minimum atomic E-state index is 0.0647. The van der Waals surface area contributed by atoms with E-state index in [-0.39, 0.29) is 5.91 Å². The molecular weight excluding hydrogens is 328 g/mol. The molecule has 0 saturated carbocycles. The van der Waals surface area contributed by atoms with Gasteiger partial charge in [0.05, 0.1) is 13.3 Å². The molecule has 1 saturated heterocycles. The molecule has 6 heteroatoms. The summed E-state index contributed by atoms with van der Waals surface area (Å²) in [6, 6.07) is 5.68. The van der Waals surface area contributed by atoms with E-state index in [2.05, 4.69) is 20.2 Å². The van der Waals surface area contributed by atoms with E-state index in [0.717, 1.165) is 55.2 Å². The Morgan fingerprint density at radius 1 is 1.38 bits per heavy atom. The molecule has 1 aliphatic heterocycles. The van der Waals surface area contributed by atoms with Crippen molar-refractivity contribution in [2.45, 2.75) is 32.6 Å². The van der Waals surface area contributed by atoms with Crippen molar-refractivity contribution >= 4 is 17.4 Å². The molecule has 26 heavy (non-hydrogen) atoms. The first kappa shape index (κ1) is 18.2. The number of ether oxygens (including phenoxy) is 1. The molecule has 1 unspecified atom stereocenters. The Bertz CT molecular complexity index is 736. The predicted molar refractivity (Wildman–Crippen MR) is 103 cm³/mol. The summed E-state index contributed by atoms with van der Waals surface area (Å²) in [7, 11) is 1.64. The number of benzene rings is 1. The van der Waals surface area contributed by atoms with Gasteiger partial charge in [-0.15, -0.1) is 0 Å². The van der Waals surface area contributed by atoms with Gasteiger partial charge < -0.3 is 15.0 Å². The van der Waals surface area contributed by atoms with Crippen LogP contribution in [0.1, 0.15) is 31.2 Å². The number of carbonyl (C=O) groups is 1. The average Bonchev–Trinajstić information content (AvgIpc) is 2.69. The summed E-state index contributed by atoms with van der Waals surface area (Å²) in [4.78, 5) is 23.1. The van der Waals surface area contributed by atoms with Gasteiger partial charge in [0.15, 0.2) is 0 Å². The molecule has 0 radical (unpaired) electrons. The number of methoxy groups -OCH3 is 1. The zero-order chi connectivity index (χ0) is 18.4. The Labute approximate surface area is 154 Å². The highest BCUT2D eigenvalue weighted by atomic mass is 16.5. The fourth-order valence-electron chi connectivity index (χ4n) is 3.41. The zero-order valence-corrected chi connectivity index (χ0v) is 15.4. The van der Waals surface area contributed by atoms with E-state index >= 15 is 0 Å². The minimum absolute atomic E-state index is 0.0647. The summed E-state index contributed by atoms with van der Waals surface area (Å²) in [6.45, 7) is 3.91. The van der Waals surface area contributed by atoms with Gasteiger partial charge in [-0.1, -0.05) is 0 Å². The van der Waals surface area contributed by atoms with E-state index in [1.165, 1.54) is 0 Å². The number of rotatable bonds is 6. The molecule has 1 amide bonds. The highest BCUT2D eigenvalue weighted by Gasteiger charge is 2.21. The summed E-state index contributed by atoms with van der Waals surface area (Å²) in [5, 5.41) is 3.01. The molecule has 2 heterocycles. The van der Waals surface area contributed by atoms with Crippen LogP contribution in [0.2, 0.25) is 0 Å². The average molecular weight is 354 g/mol. The van der Waals surface area contributed by atoms with Crippen molar-refractivity contribution in [3.05, 3.63) is 42.4 Å². The Kier molecular flexibility index (Phi) is 6.04. The number of piperidine rings is 1. The normalized spacial score (nSPS) is 17.0. The largest absolute Gasteiger partial charge is 0.497 e. The zero-order valence-electron chi connectivity index (χ0n) is 15.4. The van der Waals surface area contributed by atoms with Gasteiger partial charge in [-0.25, -0.2) is 4.98 Å². The number of aryl methyl sites for hydroxylation is 1. The van der Waals surface area contributed by atoms with Crippen LogP contribution < -0.4 is 15.0 Å². The highest BCUT2D eigenvalue weighted by molar-refractivity contribution is 5.91. The van der Waals surface area contributed by atoms with Crippen molar-refractivity contribution in [1.82, 2.24) is 9.97 Å². The lowest BCUT2D eigenvalue weighted by molar-refractivity contribution is -0.116.